The van der Waals surface area contributed by atoms with Crippen LogP contribution < -0.4 is 15.0 Å². The third-order valence-corrected chi connectivity index (χ3v) is 7.16. The molecule has 4 atom stereocenters. The van der Waals surface area contributed by atoms with E-state index in [2.05, 4.69) is 5.32 Å². The second-order valence-corrected chi connectivity index (χ2v) is 9.45. The average molecular weight is 519 g/mol. The number of anilines is 2. The zero-order valence-corrected chi connectivity index (χ0v) is 20.4. The first-order valence-electron chi connectivity index (χ1n) is 11.2. The highest BCUT2D eigenvalue weighted by Gasteiger charge is 2.52. The van der Waals surface area contributed by atoms with Gasteiger partial charge >= 0.3 is 5.97 Å². The van der Waals surface area contributed by atoms with Crippen LogP contribution in [0.2, 0.25) is 0 Å². The minimum Gasteiger partial charge on any atom is -0.492 e. The van der Waals surface area contributed by atoms with Gasteiger partial charge in [-0.3, -0.25) is 19.3 Å². The van der Waals surface area contributed by atoms with E-state index in [1.807, 2.05) is 6.92 Å². The van der Waals surface area contributed by atoms with Crippen molar-refractivity contribution in [1.29, 1.82) is 0 Å². The number of ether oxygens (including phenoxy) is 2. The van der Waals surface area contributed by atoms with Crippen LogP contribution in [0, 0.1) is 11.8 Å². The second kappa shape index (κ2) is 10.7. The fourth-order valence-electron chi connectivity index (χ4n) is 4.35. The summed E-state index contributed by atoms with van der Waals surface area (Å²) < 4.78 is 10.6. The lowest BCUT2D eigenvalue weighted by Crippen LogP contribution is -2.34. The molecule has 8 nitrogen and oxygen atoms in total. The van der Waals surface area contributed by atoms with Gasteiger partial charge in [0.05, 0.1) is 46.1 Å². The summed E-state index contributed by atoms with van der Waals surface area (Å²) in [4.78, 5) is 51.5. The Hall–Kier alpha value is -3.10. The standard InChI is InChI=1S/C25H24Cl2N2O6/c1-2-34-21-6-4-3-5-20(21)28-22(30)13-35-25(33)14-7-9-15(10-8-14)29-23(31)16-11-18(26)19(27)12-17(16)24(29)32/h3-10,16-19H,2,11-13H2,1H3,(H,28,30)/t16-,17-,18-,19+/m1/s1. The second-order valence-electron chi connectivity index (χ2n) is 8.33. The van der Waals surface area contributed by atoms with Crippen LogP contribution in [0.15, 0.2) is 48.5 Å². The van der Waals surface area contributed by atoms with E-state index in [0.29, 0.717) is 36.6 Å². The Morgan fingerprint density at radius 2 is 1.57 bits per heavy atom. The minimum atomic E-state index is -0.715. The molecule has 1 N–H and O–H groups in total. The fourth-order valence-corrected chi connectivity index (χ4v) is 4.94. The summed E-state index contributed by atoms with van der Waals surface area (Å²) in [7, 11) is 0. The summed E-state index contributed by atoms with van der Waals surface area (Å²) in [6.07, 6.45) is 0.700. The topological polar surface area (TPSA) is 102 Å². The van der Waals surface area contributed by atoms with Gasteiger partial charge in [0.1, 0.15) is 5.75 Å². The van der Waals surface area contributed by atoms with E-state index in [1.54, 1.807) is 24.3 Å². The van der Waals surface area contributed by atoms with Crippen molar-refractivity contribution in [2.24, 2.45) is 11.8 Å². The Labute approximate surface area is 212 Å². The number of nitrogens with one attached hydrogen (secondary N) is 1. The molecule has 1 aliphatic carbocycles. The van der Waals surface area contributed by atoms with Gasteiger partial charge in [0.2, 0.25) is 11.8 Å². The van der Waals surface area contributed by atoms with Gasteiger partial charge < -0.3 is 14.8 Å². The molecule has 2 fully saturated rings. The molecule has 2 aromatic carbocycles. The Bertz CT molecular complexity index is 1110. The van der Waals surface area contributed by atoms with Crippen LogP contribution in [-0.2, 0) is 19.1 Å². The van der Waals surface area contributed by atoms with Crippen LogP contribution in [0.5, 0.6) is 5.75 Å². The summed E-state index contributed by atoms with van der Waals surface area (Å²) in [6.45, 7) is 1.78. The number of halogens is 2. The maximum absolute atomic E-state index is 12.9. The van der Waals surface area contributed by atoms with E-state index in [0.717, 1.165) is 4.90 Å². The largest absolute Gasteiger partial charge is 0.492 e. The molecule has 4 rings (SSSR count). The molecular weight excluding hydrogens is 495 g/mol. The van der Waals surface area contributed by atoms with Crippen molar-refractivity contribution in [1.82, 2.24) is 0 Å². The zero-order valence-electron chi connectivity index (χ0n) is 18.9. The van der Waals surface area contributed by atoms with Gasteiger partial charge in [-0.25, -0.2) is 4.79 Å². The van der Waals surface area contributed by atoms with Crippen molar-refractivity contribution in [3.63, 3.8) is 0 Å². The molecule has 1 aliphatic heterocycles. The molecule has 35 heavy (non-hydrogen) atoms. The van der Waals surface area contributed by atoms with Crippen LogP contribution >= 0.6 is 23.2 Å². The van der Waals surface area contributed by atoms with E-state index >= 15 is 0 Å². The maximum Gasteiger partial charge on any atom is 0.338 e. The van der Waals surface area contributed by atoms with Gasteiger partial charge in [0, 0.05) is 0 Å². The molecule has 2 aliphatic rings. The van der Waals surface area contributed by atoms with Crippen molar-refractivity contribution in [2.45, 2.75) is 30.5 Å². The van der Waals surface area contributed by atoms with Crippen LogP contribution in [0.4, 0.5) is 11.4 Å². The molecule has 0 unspecified atom stereocenters. The SMILES string of the molecule is CCOc1ccccc1NC(=O)COC(=O)c1ccc(N2C(=O)[C@@H]3C[C@@H](Cl)[C@@H](Cl)C[C@H]3C2=O)cc1. The molecule has 0 aromatic heterocycles. The summed E-state index contributed by atoms with van der Waals surface area (Å²) >= 11 is 12.4. The Kier molecular flexibility index (Phi) is 7.62. The highest BCUT2D eigenvalue weighted by Crippen LogP contribution is 2.43. The van der Waals surface area contributed by atoms with Gasteiger partial charge in [0.15, 0.2) is 6.61 Å². The lowest BCUT2D eigenvalue weighted by Gasteiger charge is -2.28. The van der Waals surface area contributed by atoms with Gasteiger partial charge in [0.25, 0.3) is 5.91 Å². The summed E-state index contributed by atoms with van der Waals surface area (Å²) in [5.41, 5.74) is 1.00. The summed E-state index contributed by atoms with van der Waals surface area (Å²) in [5, 5.41) is 1.92. The fraction of sp³-hybridized carbons (Fsp3) is 0.360. The number of alkyl halides is 2. The first-order valence-corrected chi connectivity index (χ1v) is 12.1. The number of hydrogen-bond acceptors (Lipinski definition) is 6. The number of rotatable bonds is 7. The van der Waals surface area contributed by atoms with E-state index in [4.69, 9.17) is 32.7 Å². The average Bonchev–Trinajstić information content (AvgIpc) is 3.08. The van der Waals surface area contributed by atoms with Crippen LogP contribution in [0.25, 0.3) is 0 Å². The summed E-state index contributed by atoms with van der Waals surface area (Å²) in [6, 6.07) is 12.8. The van der Waals surface area contributed by atoms with Crippen molar-refractivity contribution in [3.05, 3.63) is 54.1 Å². The number of imide groups is 1. The van der Waals surface area contributed by atoms with Crippen molar-refractivity contribution < 1.29 is 28.7 Å². The first kappa shape index (κ1) is 25.0. The highest BCUT2D eigenvalue weighted by molar-refractivity contribution is 6.31. The van der Waals surface area contributed by atoms with E-state index < -0.39 is 30.3 Å². The molecule has 1 saturated heterocycles. The number of amides is 3. The van der Waals surface area contributed by atoms with Crippen LogP contribution in [0.3, 0.4) is 0 Å². The molecule has 0 bridgehead atoms. The third-order valence-electron chi connectivity index (χ3n) is 6.07. The molecule has 1 saturated carbocycles. The Morgan fingerprint density at radius 1 is 0.971 bits per heavy atom. The number of hydrogen-bond donors (Lipinski definition) is 1. The molecular formula is C25H24Cl2N2O6. The number of carbonyl (C=O) groups is 4. The number of fused-ring (bicyclic) bond motifs is 1. The lowest BCUT2D eigenvalue weighted by atomic mass is 9.80. The molecule has 1 heterocycles. The Morgan fingerprint density at radius 3 is 2.17 bits per heavy atom. The number of esters is 1. The first-order chi connectivity index (χ1) is 16.8. The molecule has 2 aromatic rings. The van der Waals surface area contributed by atoms with Crippen molar-refractivity contribution >= 4 is 58.3 Å². The van der Waals surface area contributed by atoms with Gasteiger partial charge in [-0.15, -0.1) is 23.2 Å². The normalized spacial score (nSPS) is 23.6. The van der Waals surface area contributed by atoms with Crippen molar-refractivity contribution in [3.8, 4) is 5.75 Å². The maximum atomic E-state index is 12.9. The quantitative estimate of drug-likeness (QED) is 0.337. The Balaban J connectivity index is 1.36. The van der Waals surface area contributed by atoms with Gasteiger partial charge in [-0.05, 0) is 56.2 Å². The smallest absolute Gasteiger partial charge is 0.338 e. The van der Waals surface area contributed by atoms with E-state index in [9.17, 15) is 19.2 Å². The molecule has 0 spiro atoms. The van der Waals surface area contributed by atoms with Crippen LogP contribution in [0.1, 0.15) is 30.1 Å². The minimum absolute atomic E-state index is 0.175. The van der Waals surface area contributed by atoms with E-state index in [-0.39, 0.29) is 28.1 Å². The predicted molar refractivity (Wildman–Crippen MR) is 131 cm³/mol. The van der Waals surface area contributed by atoms with Crippen LogP contribution in [-0.4, -0.2) is 47.7 Å². The lowest BCUT2D eigenvalue weighted by molar-refractivity contribution is -0.122. The number of carbonyl (C=O) groups excluding carboxylic acids is 4. The number of benzene rings is 2. The zero-order chi connectivity index (χ0) is 25.1. The molecule has 184 valence electrons. The summed E-state index contributed by atoms with van der Waals surface area (Å²) in [5.74, 6) is -2.32. The molecule has 3 amide bonds. The van der Waals surface area contributed by atoms with E-state index in [1.165, 1.54) is 24.3 Å². The molecule has 0 radical (unpaired) electrons. The monoisotopic (exact) mass is 518 g/mol. The third kappa shape index (κ3) is 5.28. The van der Waals surface area contributed by atoms with Gasteiger partial charge in [-0.2, -0.15) is 0 Å². The van der Waals surface area contributed by atoms with Gasteiger partial charge in [-0.1, -0.05) is 12.1 Å². The van der Waals surface area contributed by atoms with Crippen molar-refractivity contribution in [2.75, 3.05) is 23.4 Å². The number of para-hydroxylation sites is 2. The number of nitrogens with zero attached hydrogens (tertiary/aromatic N) is 1. The highest BCUT2D eigenvalue weighted by atomic mass is 35.5. The molecule has 10 heteroatoms. The predicted octanol–water partition coefficient (Wildman–Crippen LogP) is 4.00.